The molecule has 1 aliphatic carbocycles. The molecule has 0 amide bonds. The molecule has 1 aliphatic heterocycles. The first-order chi connectivity index (χ1) is 9.24. The third-order valence-corrected chi connectivity index (χ3v) is 5.48. The van der Waals surface area contributed by atoms with Gasteiger partial charge in [0.1, 0.15) is 0 Å². The molecular weight excluding hydrogens is 252 g/mol. The molecule has 1 saturated heterocycles. The molecule has 0 radical (unpaired) electrons. The zero-order valence-corrected chi connectivity index (χ0v) is 13.7. The van der Waals surface area contributed by atoms with Gasteiger partial charge in [0.25, 0.3) is 0 Å². The van der Waals surface area contributed by atoms with Crippen LogP contribution in [0.25, 0.3) is 0 Å². The van der Waals surface area contributed by atoms with E-state index >= 15 is 0 Å². The van der Waals surface area contributed by atoms with Crippen molar-refractivity contribution in [2.45, 2.75) is 57.4 Å². The van der Waals surface area contributed by atoms with Gasteiger partial charge in [-0.25, -0.2) is 0 Å². The number of unbranched alkanes of at least 4 members (excludes halogenated alkanes) is 3. The van der Waals surface area contributed by atoms with E-state index in [0.29, 0.717) is 5.54 Å². The monoisotopic (exact) mass is 284 g/mol. The quantitative estimate of drug-likeness (QED) is 0.688. The minimum absolute atomic E-state index is 0.412. The average molecular weight is 285 g/mol. The summed E-state index contributed by atoms with van der Waals surface area (Å²) in [6.07, 6.45) is 12.1. The van der Waals surface area contributed by atoms with Gasteiger partial charge >= 0.3 is 0 Å². The first kappa shape index (κ1) is 15.7. The molecule has 0 bridgehead atoms. The molecule has 0 aromatic heterocycles. The highest BCUT2D eigenvalue weighted by Crippen LogP contribution is 2.40. The first-order valence-electron chi connectivity index (χ1n) is 8.21. The number of rotatable bonds is 8. The molecule has 1 atom stereocenters. The average Bonchev–Trinajstić information content (AvgIpc) is 3.21. The van der Waals surface area contributed by atoms with Crippen molar-refractivity contribution >= 4 is 11.8 Å². The molecule has 1 unspecified atom stereocenters. The van der Waals surface area contributed by atoms with Gasteiger partial charge in [-0.15, -0.1) is 0 Å². The Kier molecular flexibility index (Phi) is 6.51. The molecule has 2 fully saturated rings. The van der Waals surface area contributed by atoms with Gasteiger partial charge in [0.15, 0.2) is 0 Å². The highest BCUT2D eigenvalue weighted by atomic mass is 32.2. The first-order valence-corrected chi connectivity index (χ1v) is 9.60. The molecule has 2 nitrogen and oxygen atoms in total. The van der Waals surface area contributed by atoms with Crippen LogP contribution in [0.1, 0.15) is 51.9 Å². The molecule has 112 valence electrons. The van der Waals surface area contributed by atoms with Crippen molar-refractivity contribution in [3.05, 3.63) is 0 Å². The lowest BCUT2D eigenvalue weighted by molar-refractivity contribution is 0.198. The highest BCUT2D eigenvalue weighted by Gasteiger charge is 2.42. The Balaban J connectivity index is 1.64. The van der Waals surface area contributed by atoms with E-state index in [1.54, 1.807) is 0 Å². The number of nitrogens with zero attached hydrogens (tertiary/aromatic N) is 1. The molecule has 19 heavy (non-hydrogen) atoms. The summed E-state index contributed by atoms with van der Waals surface area (Å²) in [4.78, 5) is 2.73. The van der Waals surface area contributed by atoms with Crippen molar-refractivity contribution in [3.63, 3.8) is 0 Å². The van der Waals surface area contributed by atoms with Gasteiger partial charge in [-0.05, 0) is 76.6 Å². The van der Waals surface area contributed by atoms with E-state index in [9.17, 15) is 0 Å². The predicted octanol–water partition coefficient (Wildman–Crippen LogP) is 3.37. The van der Waals surface area contributed by atoms with Gasteiger partial charge in [-0.2, -0.15) is 11.8 Å². The van der Waals surface area contributed by atoms with Gasteiger partial charge in [0.2, 0.25) is 0 Å². The van der Waals surface area contributed by atoms with Crippen LogP contribution in [0.3, 0.4) is 0 Å². The fourth-order valence-electron chi connectivity index (χ4n) is 3.40. The van der Waals surface area contributed by atoms with Crippen LogP contribution in [0, 0.1) is 5.92 Å². The van der Waals surface area contributed by atoms with Crippen LogP contribution in [0.4, 0.5) is 0 Å². The van der Waals surface area contributed by atoms with Crippen LogP contribution in [0.15, 0.2) is 0 Å². The van der Waals surface area contributed by atoms with Crippen molar-refractivity contribution < 1.29 is 0 Å². The third-order valence-electron chi connectivity index (χ3n) is 4.78. The Hall–Kier alpha value is 0.270. The van der Waals surface area contributed by atoms with Gasteiger partial charge in [-0.3, -0.25) is 0 Å². The Bertz CT molecular complexity index is 255. The molecule has 2 rings (SSSR count). The Morgan fingerprint density at radius 3 is 2.74 bits per heavy atom. The minimum Gasteiger partial charge on any atom is -0.310 e. The summed E-state index contributed by atoms with van der Waals surface area (Å²) in [5.41, 5.74) is 0.412. The summed E-state index contributed by atoms with van der Waals surface area (Å²) in [6.45, 7) is 7.59. The van der Waals surface area contributed by atoms with Crippen molar-refractivity contribution in [2.24, 2.45) is 5.92 Å². The van der Waals surface area contributed by atoms with E-state index < -0.39 is 0 Å². The van der Waals surface area contributed by atoms with Gasteiger partial charge in [0.05, 0.1) is 0 Å². The lowest BCUT2D eigenvalue weighted by Crippen LogP contribution is -2.51. The second-order valence-electron chi connectivity index (χ2n) is 6.66. The molecule has 0 spiro atoms. The van der Waals surface area contributed by atoms with Crippen LogP contribution in [0.2, 0.25) is 0 Å². The number of hydrogen-bond acceptors (Lipinski definition) is 3. The summed E-state index contributed by atoms with van der Waals surface area (Å²) < 4.78 is 0. The lowest BCUT2D eigenvalue weighted by atomic mass is 9.95. The topological polar surface area (TPSA) is 15.3 Å². The smallest absolute Gasteiger partial charge is 0.0308 e. The van der Waals surface area contributed by atoms with E-state index in [1.807, 2.05) is 11.8 Å². The van der Waals surface area contributed by atoms with Crippen molar-refractivity contribution in [1.82, 2.24) is 10.2 Å². The maximum atomic E-state index is 3.82. The normalized spacial score (nSPS) is 29.4. The number of nitrogens with one attached hydrogen (secondary N) is 1. The second kappa shape index (κ2) is 7.90. The van der Waals surface area contributed by atoms with E-state index in [0.717, 1.165) is 5.92 Å². The van der Waals surface area contributed by atoms with E-state index in [4.69, 9.17) is 0 Å². The molecular formula is C16H32N2S. The van der Waals surface area contributed by atoms with Crippen LogP contribution >= 0.6 is 11.8 Å². The van der Waals surface area contributed by atoms with E-state index in [2.05, 4.69) is 23.4 Å². The molecule has 1 heterocycles. The zero-order valence-electron chi connectivity index (χ0n) is 12.9. The van der Waals surface area contributed by atoms with Crippen molar-refractivity contribution in [3.8, 4) is 0 Å². The maximum absolute atomic E-state index is 3.82. The summed E-state index contributed by atoms with van der Waals surface area (Å²) >= 11 is 1.98. The third kappa shape index (κ3) is 5.28. The highest BCUT2D eigenvalue weighted by molar-refractivity contribution is 7.98. The minimum atomic E-state index is 0.412. The van der Waals surface area contributed by atoms with Gasteiger partial charge in [0, 0.05) is 12.1 Å². The van der Waals surface area contributed by atoms with Gasteiger partial charge < -0.3 is 10.2 Å². The summed E-state index contributed by atoms with van der Waals surface area (Å²) in [6, 6.07) is 0. The SMILES string of the molecule is CSCCCCCCN1CCCNC(C)(C2CC2)C1. The maximum Gasteiger partial charge on any atom is 0.0308 e. The van der Waals surface area contributed by atoms with Crippen LogP contribution in [-0.4, -0.2) is 48.6 Å². The van der Waals surface area contributed by atoms with Gasteiger partial charge in [-0.1, -0.05) is 12.8 Å². The Labute approximate surface area is 124 Å². The number of thioether (sulfide) groups is 1. The number of hydrogen-bond donors (Lipinski definition) is 1. The summed E-state index contributed by atoms with van der Waals surface area (Å²) in [7, 11) is 0. The van der Waals surface area contributed by atoms with Crippen molar-refractivity contribution in [2.75, 3.05) is 38.2 Å². The largest absolute Gasteiger partial charge is 0.310 e. The van der Waals surface area contributed by atoms with Crippen molar-refractivity contribution in [1.29, 1.82) is 0 Å². The zero-order chi connectivity index (χ0) is 13.6. The Morgan fingerprint density at radius 1 is 1.21 bits per heavy atom. The molecule has 0 aromatic rings. The van der Waals surface area contributed by atoms with E-state index in [-0.39, 0.29) is 0 Å². The molecule has 2 aliphatic rings. The predicted molar refractivity (Wildman–Crippen MR) is 87.0 cm³/mol. The summed E-state index contributed by atoms with van der Waals surface area (Å²) in [5.74, 6) is 2.29. The molecule has 1 N–H and O–H groups in total. The molecule has 0 aromatic carbocycles. The fourth-order valence-corrected chi connectivity index (χ4v) is 3.89. The fraction of sp³-hybridized carbons (Fsp3) is 1.00. The standard InChI is InChI=1S/C16H32N2S/c1-16(15-8-9-15)14-18(12-7-10-17-16)11-5-3-4-6-13-19-2/h15,17H,3-14H2,1-2H3. The molecule has 1 saturated carbocycles. The van der Waals surface area contributed by atoms with E-state index in [1.165, 1.54) is 76.9 Å². The second-order valence-corrected chi connectivity index (χ2v) is 7.64. The summed E-state index contributed by atoms with van der Waals surface area (Å²) in [5, 5.41) is 3.82. The van der Waals surface area contributed by atoms with Crippen LogP contribution in [-0.2, 0) is 0 Å². The van der Waals surface area contributed by atoms with Crippen LogP contribution in [0.5, 0.6) is 0 Å². The molecule has 3 heteroatoms. The van der Waals surface area contributed by atoms with Crippen LogP contribution < -0.4 is 5.32 Å². The Morgan fingerprint density at radius 2 is 2.00 bits per heavy atom. The lowest BCUT2D eigenvalue weighted by Gasteiger charge is -2.34.